The lowest BCUT2D eigenvalue weighted by Crippen LogP contribution is -2.08. The van der Waals surface area contributed by atoms with Crippen LogP contribution in [0.15, 0.2) is 12.1 Å². The van der Waals surface area contributed by atoms with Crippen LogP contribution in [0.1, 0.15) is 94.9 Å². The first kappa shape index (κ1) is 17.3. The van der Waals surface area contributed by atoms with Crippen molar-refractivity contribution in [2.45, 2.75) is 91.9 Å². The summed E-state index contributed by atoms with van der Waals surface area (Å²) in [5.74, 6) is 0.758. The molecule has 0 bridgehead atoms. The number of benzene rings is 1. The maximum atomic E-state index is 2.51. The maximum Gasteiger partial charge on any atom is -0.0162 e. The Balaban J connectivity index is 3.32. The van der Waals surface area contributed by atoms with Crippen LogP contribution in [0.4, 0.5) is 0 Å². The minimum Gasteiger partial charge on any atom is -0.0651 e. The van der Waals surface area contributed by atoms with E-state index in [1.54, 1.807) is 22.3 Å². The Labute approximate surface area is 127 Å². The molecule has 0 nitrogen and oxygen atoms in total. The smallest absolute Gasteiger partial charge is 0.0162 e. The molecule has 0 aliphatic rings. The van der Waals surface area contributed by atoms with Crippen molar-refractivity contribution in [3.8, 4) is 0 Å². The first-order chi connectivity index (χ1) is 9.71. The molecule has 114 valence electrons. The van der Waals surface area contributed by atoms with Gasteiger partial charge in [-0.15, -0.1) is 0 Å². The summed E-state index contributed by atoms with van der Waals surface area (Å²) in [6, 6.07) is 5.03. The Morgan fingerprint density at radius 1 is 0.700 bits per heavy atom. The zero-order chi connectivity index (χ0) is 15.0. The lowest BCUT2D eigenvalue weighted by Gasteiger charge is -2.23. The Hall–Kier alpha value is -0.780. The molecule has 20 heavy (non-hydrogen) atoms. The van der Waals surface area contributed by atoms with Crippen LogP contribution in [0.5, 0.6) is 0 Å². The average molecular weight is 274 g/mol. The molecular weight excluding hydrogens is 240 g/mol. The summed E-state index contributed by atoms with van der Waals surface area (Å²) in [5, 5.41) is 0. The predicted octanol–water partition coefficient (Wildman–Crippen LogP) is 6.45. The van der Waals surface area contributed by atoms with Crippen LogP contribution in [0.25, 0.3) is 0 Å². The van der Waals surface area contributed by atoms with Crippen molar-refractivity contribution in [1.29, 1.82) is 0 Å². The molecule has 0 atom stereocenters. The molecule has 0 aromatic heterocycles. The molecule has 1 rings (SSSR count). The van der Waals surface area contributed by atoms with Crippen LogP contribution < -0.4 is 0 Å². The molecular formula is C20H34. The quantitative estimate of drug-likeness (QED) is 0.485. The molecule has 0 N–H and O–H groups in total. The Morgan fingerprint density at radius 3 is 1.50 bits per heavy atom. The van der Waals surface area contributed by atoms with Gasteiger partial charge in [-0.3, -0.25) is 0 Å². The zero-order valence-electron chi connectivity index (χ0n) is 14.4. The molecule has 1 aromatic rings. The van der Waals surface area contributed by atoms with Crippen LogP contribution in [0, 0.1) is 0 Å². The lowest BCUT2D eigenvalue weighted by molar-refractivity contribution is 0.623. The highest BCUT2D eigenvalue weighted by Crippen LogP contribution is 2.32. The second kappa shape index (κ2) is 9.21. The largest absolute Gasteiger partial charge is 0.0651 e. The molecule has 1 aromatic carbocycles. The van der Waals surface area contributed by atoms with Crippen LogP contribution in [-0.4, -0.2) is 0 Å². The van der Waals surface area contributed by atoms with Crippen molar-refractivity contribution in [2.75, 3.05) is 0 Å². The van der Waals surface area contributed by atoms with Crippen molar-refractivity contribution < 1.29 is 0 Å². The first-order valence-corrected chi connectivity index (χ1v) is 8.86. The molecule has 0 heterocycles. The first-order valence-electron chi connectivity index (χ1n) is 8.86. The van der Waals surface area contributed by atoms with Crippen LogP contribution in [-0.2, 0) is 19.3 Å². The van der Waals surface area contributed by atoms with E-state index in [2.05, 4.69) is 46.8 Å². The fraction of sp³-hybridized carbons (Fsp3) is 0.700. The minimum atomic E-state index is 0.758. The Bertz CT molecular complexity index is 358. The van der Waals surface area contributed by atoms with E-state index in [1.165, 1.54) is 51.4 Å². The summed E-state index contributed by atoms with van der Waals surface area (Å²) >= 11 is 0. The molecule has 0 spiro atoms. The van der Waals surface area contributed by atoms with Gasteiger partial charge in [0.1, 0.15) is 0 Å². The highest BCUT2D eigenvalue weighted by Gasteiger charge is 2.17. The molecule has 0 saturated carbocycles. The summed E-state index contributed by atoms with van der Waals surface area (Å²) in [6.07, 6.45) is 10.1. The molecule has 0 fully saturated rings. The summed E-state index contributed by atoms with van der Waals surface area (Å²) in [5.41, 5.74) is 6.57. The van der Waals surface area contributed by atoms with Gasteiger partial charge in [0, 0.05) is 0 Å². The van der Waals surface area contributed by atoms with Gasteiger partial charge in [-0.05, 0) is 60.3 Å². The van der Waals surface area contributed by atoms with Gasteiger partial charge in [0.05, 0.1) is 0 Å². The van der Waals surface area contributed by atoms with Gasteiger partial charge in [-0.1, -0.05) is 66.0 Å². The summed E-state index contributed by atoms with van der Waals surface area (Å²) < 4.78 is 0. The van der Waals surface area contributed by atoms with Gasteiger partial charge in [0.2, 0.25) is 0 Å². The van der Waals surface area contributed by atoms with Gasteiger partial charge in [0.15, 0.2) is 0 Å². The fourth-order valence-electron chi connectivity index (χ4n) is 3.46. The van der Waals surface area contributed by atoms with E-state index < -0.39 is 0 Å². The van der Waals surface area contributed by atoms with Crippen LogP contribution in [0.2, 0.25) is 0 Å². The fourth-order valence-corrected chi connectivity index (χ4v) is 3.46. The standard InChI is InChI=1S/C20H34/c1-6-11-16-14-18(12-7-2)20(17(9-4)10-5)19(15-16)13-8-3/h14-15,17H,6-13H2,1-5H3. The van der Waals surface area contributed by atoms with E-state index in [0.717, 1.165) is 5.92 Å². The van der Waals surface area contributed by atoms with Crippen molar-refractivity contribution in [1.82, 2.24) is 0 Å². The third-order valence-electron chi connectivity index (χ3n) is 4.38. The van der Waals surface area contributed by atoms with Gasteiger partial charge in [-0.2, -0.15) is 0 Å². The zero-order valence-corrected chi connectivity index (χ0v) is 14.4. The summed E-state index contributed by atoms with van der Waals surface area (Å²) in [6.45, 7) is 11.6. The lowest BCUT2D eigenvalue weighted by atomic mass is 9.82. The van der Waals surface area contributed by atoms with E-state index in [1.807, 2.05) is 0 Å². The monoisotopic (exact) mass is 274 g/mol. The SMILES string of the molecule is CCCc1cc(CCC)c(C(CC)CC)c(CCC)c1. The molecule has 0 radical (unpaired) electrons. The Morgan fingerprint density at radius 2 is 1.15 bits per heavy atom. The van der Waals surface area contributed by atoms with Crippen molar-refractivity contribution >= 4 is 0 Å². The third kappa shape index (κ3) is 4.36. The maximum absolute atomic E-state index is 2.51. The number of hydrogen-bond acceptors (Lipinski definition) is 0. The molecule has 0 aliphatic heterocycles. The number of hydrogen-bond donors (Lipinski definition) is 0. The topological polar surface area (TPSA) is 0 Å². The molecule has 0 unspecified atom stereocenters. The van der Waals surface area contributed by atoms with E-state index in [4.69, 9.17) is 0 Å². The highest BCUT2D eigenvalue weighted by atomic mass is 14.2. The van der Waals surface area contributed by atoms with E-state index in [9.17, 15) is 0 Å². The molecule has 0 amide bonds. The number of rotatable bonds is 9. The van der Waals surface area contributed by atoms with Crippen molar-refractivity contribution in [3.05, 3.63) is 34.4 Å². The van der Waals surface area contributed by atoms with E-state index in [-0.39, 0.29) is 0 Å². The second-order valence-corrected chi connectivity index (χ2v) is 6.09. The van der Waals surface area contributed by atoms with Gasteiger partial charge in [0.25, 0.3) is 0 Å². The predicted molar refractivity (Wildman–Crippen MR) is 91.8 cm³/mol. The van der Waals surface area contributed by atoms with Crippen LogP contribution in [0.3, 0.4) is 0 Å². The highest BCUT2D eigenvalue weighted by molar-refractivity contribution is 5.42. The Kier molecular flexibility index (Phi) is 7.95. The van der Waals surface area contributed by atoms with Gasteiger partial charge >= 0.3 is 0 Å². The normalized spacial score (nSPS) is 11.3. The summed E-state index contributed by atoms with van der Waals surface area (Å²) in [7, 11) is 0. The number of aryl methyl sites for hydroxylation is 3. The van der Waals surface area contributed by atoms with Crippen LogP contribution >= 0.6 is 0 Å². The molecule has 0 saturated heterocycles. The van der Waals surface area contributed by atoms with E-state index >= 15 is 0 Å². The van der Waals surface area contributed by atoms with Crippen molar-refractivity contribution in [3.63, 3.8) is 0 Å². The summed E-state index contributed by atoms with van der Waals surface area (Å²) in [4.78, 5) is 0. The van der Waals surface area contributed by atoms with Gasteiger partial charge < -0.3 is 0 Å². The second-order valence-electron chi connectivity index (χ2n) is 6.09. The molecule has 0 heteroatoms. The average Bonchev–Trinajstić information content (AvgIpc) is 2.43. The minimum absolute atomic E-state index is 0.758. The van der Waals surface area contributed by atoms with Crippen molar-refractivity contribution in [2.24, 2.45) is 0 Å². The molecule has 0 aliphatic carbocycles. The van der Waals surface area contributed by atoms with E-state index in [0.29, 0.717) is 0 Å². The third-order valence-corrected chi connectivity index (χ3v) is 4.38. The van der Waals surface area contributed by atoms with Gasteiger partial charge in [-0.25, -0.2) is 0 Å².